The van der Waals surface area contributed by atoms with Crippen LogP contribution >= 0.6 is 0 Å². The lowest BCUT2D eigenvalue weighted by Gasteiger charge is -2.56. The molecule has 1 saturated carbocycles. The Morgan fingerprint density at radius 3 is 2.26 bits per heavy atom. The van der Waals surface area contributed by atoms with Gasteiger partial charge in [-0.25, -0.2) is 14.6 Å². The first-order valence-corrected chi connectivity index (χ1v) is 16.9. The van der Waals surface area contributed by atoms with E-state index in [1.807, 2.05) is 91.2 Å². The second-order valence-electron chi connectivity index (χ2n) is 14.5. The van der Waals surface area contributed by atoms with Crippen molar-refractivity contribution in [2.75, 3.05) is 32.7 Å². The summed E-state index contributed by atoms with van der Waals surface area (Å²) in [7, 11) is 0. The Labute approximate surface area is 277 Å². The molecule has 10 nitrogen and oxygen atoms in total. The van der Waals surface area contributed by atoms with Gasteiger partial charge in [0.25, 0.3) is 5.56 Å². The number of rotatable bonds is 4. The minimum atomic E-state index is -1.17. The van der Waals surface area contributed by atoms with Crippen LogP contribution in [0.3, 0.4) is 0 Å². The molecule has 0 bridgehead atoms. The molecule has 3 aliphatic rings. The quantitative estimate of drug-likeness (QED) is 0.391. The number of benzene rings is 2. The first kappa shape index (κ1) is 32.7. The van der Waals surface area contributed by atoms with Gasteiger partial charge in [0.1, 0.15) is 5.60 Å². The minimum absolute atomic E-state index is 0.0827. The van der Waals surface area contributed by atoms with Gasteiger partial charge in [0, 0.05) is 49.8 Å². The third-order valence-corrected chi connectivity index (χ3v) is 10.2. The van der Waals surface area contributed by atoms with E-state index in [4.69, 9.17) is 4.74 Å². The maximum Gasteiger partial charge on any atom is 0.410 e. The number of amides is 3. The Morgan fingerprint density at radius 2 is 1.60 bits per heavy atom. The number of urea groups is 1. The number of aliphatic hydroxyl groups is 1. The van der Waals surface area contributed by atoms with Crippen LogP contribution in [0.4, 0.5) is 9.59 Å². The second-order valence-corrected chi connectivity index (χ2v) is 14.5. The largest absolute Gasteiger partial charge is 0.444 e. The molecule has 1 aliphatic carbocycles. The molecular formula is C37H47N5O5. The van der Waals surface area contributed by atoms with Gasteiger partial charge in [-0.15, -0.1) is 0 Å². The number of hydrogen-bond acceptors (Lipinski definition) is 6. The summed E-state index contributed by atoms with van der Waals surface area (Å²) in [6.07, 6.45) is 6.11. The molecule has 2 aliphatic heterocycles. The van der Waals surface area contributed by atoms with E-state index in [0.717, 1.165) is 43.2 Å². The molecule has 3 aromatic rings. The molecule has 250 valence electrons. The molecule has 1 spiro atoms. The van der Waals surface area contributed by atoms with E-state index in [2.05, 4.69) is 4.98 Å². The average Bonchev–Trinajstić information content (AvgIpc) is 3.07. The van der Waals surface area contributed by atoms with Crippen molar-refractivity contribution < 1.29 is 19.4 Å². The van der Waals surface area contributed by atoms with E-state index in [9.17, 15) is 19.5 Å². The fourth-order valence-electron chi connectivity index (χ4n) is 7.68. The van der Waals surface area contributed by atoms with E-state index in [-0.39, 0.29) is 30.3 Å². The van der Waals surface area contributed by atoms with Crippen LogP contribution in [0.2, 0.25) is 0 Å². The molecular weight excluding hydrogens is 594 g/mol. The summed E-state index contributed by atoms with van der Waals surface area (Å²) in [5.41, 5.74) is -0.101. The highest BCUT2D eigenvalue weighted by Crippen LogP contribution is 2.50. The van der Waals surface area contributed by atoms with Gasteiger partial charge in [0.15, 0.2) is 0 Å². The second kappa shape index (κ2) is 13.1. The summed E-state index contributed by atoms with van der Waals surface area (Å²) in [4.78, 5) is 50.8. The molecule has 6 rings (SSSR count). The van der Waals surface area contributed by atoms with Crippen molar-refractivity contribution in [2.45, 2.75) is 83.1 Å². The van der Waals surface area contributed by atoms with E-state index in [1.54, 1.807) is 11.2 Å². The number of ether oxygens (including phenoxy) is 1. The topological polar surface area (TPSA) is 108 Å². The molecule has 10 heteroatoms. The average molecular weight is 642 g/mol. The van der Waals surface area contributed by atoms with Crippen molar-refractivity contribution in [1.82, 2.24) is 24.3 Å². The number of nitrogens with zero attached hydrogens (tertiary/aromatic N) is 5. The molecule has 0 radical (unpaired) electrons. The number of piperidine rings is 1. The van der Waals surface area contributed by atoms with Gasteiger partial charge in [-0.3, -0.25) is 9.36 Å². The smallest absolute Gasteiger partial charge is 0.410 e. The van der Waals surface area contributed by atoms with Crippen LogP contribution in [-0.2, 0) is 11.3 Å². The first-order valence-electron chi connectivity index (χ1n) is 16.9. The van der Waals surface area contributed by atoms with E-state index in [0.29, 0.717) is 44.8 Å². The molecule has 1 aromatic heterocycles. The highest BCUT2D eigenvalue weighted by Gasteiger charge is 2.55. The van der Waals surface area contributed by atoms with Crippen LogP contribution in [0.1, 0.15) is 70.9 Å². The molecule has 2 aromatic carbocycles. The molecule has 3 fully saturated rings. The highest BCUT2D eigenvalue weighted by molar-refractivity contribution is 5.76. The third kappa shape index (κ3) is 6.93. The van der Waals surface area contributed by atoms with Crippen molar-refractivity contribution in [2.24, 2.45) is 5.41 Å². The zero-order valence-electron chi connectivity index (χ0n) is 27.8. The molecule has 1 unspecified atom stereocenters. The standard InChI is InChI=1S/C37H47N5O5/c1-35(2,3)47-34(45)39-21-22-42(31(24-39)29-15-9-5-10-16-29)33(44)40-20-19-37(46,36(25-40)17-11-6-12-18-36)26-41-27-38-30(23-32(41)43)28-13-7-4-8-14-28/h4-5,7-10,13-16,23,27,31,46H,6,11-12,17-22,24-26H2,1-3H3/t31-,37?/m0/s1. The number of hydrogen-bond donors (Lipinski definition) is 1. The Balaban J connectivity index is 1.23. The number of carbonyl (C=O) groups excluding carboxylic acids is 2. The Hall–Kier alpha value is -4.18. The maximum atomic E-state index is 14.4. The van der Waals surface area contributed by atoms with Gasteiger partial charge in [-0.1, -0.05) is 79.9 Å². The van der Waals surface area contributed by atoms with Crippen molar-refractivity contribution in [1.29, 1.82) is 0 Å². The predicted octanol–water partition coefficient (Wildman–Crippen LogP) is 5.71. The summed E-state index contributed by atoms with van der Waals surface area (Å²) in [6, 6.07) is 20.5. The zero-order chi connectivity index (χ0) is 33.2. The Bertz CT molecular complexity index is 1620. The number of likely N-dealkylation sites (tertiary alicyclic amines) is 1. The zero-order valence-corrected chi connectivity index (χ0v) is 27.8. The lowest BCUT2D eigenvalue weighted by molar-refractivity contribution is -0.154. The van der Waals surface area contributed by atoms with Gasteiger partial charge in [-0.05, 0) is 45.6 Å². The monoisotopic (exact) mass is 641 g/mol. The normalized spacial score (nSPS) is 23.1. The summed E-state index contributed by atoms with van der Waals surface area (Å²) < 4.78 is 7.20. The van der Waals surface area contributed by atoms with Crippen LogP contribution in [0, 0.1) is 5.41 Å². The van der Waals surface area contributed by atoms with Crippen molar-refractivity contribution in [3.8, 4) is 11.3 Å². The predicted molar refractivity (Wildman–Crippen MR) is 180 cm³/mol. The summed E-state index contributed by atoms with van der Waals surface area (Å²) in [6.45, 7) is 7.57. The maximum absolute atomic E-state index is 14.4. The minimum Gasteiger partial charge on any atom is -0.444 e. The molecule has 3 amide bonds. The third-order valence-electron chi connectivity index (χ3n) is 10.2. The highest BCUT2D eigenvalue weighted by atomic mass is 16.6. The summed E-state index contributed by atoms with van der Waals surface area (Å²) in [5, 5.41) is 12.4. The van der Waals surface area contributed by atoms with Gasteiger partial charge >= 0.3 is 12.1 Å². The van der Waals surface area contributed by atoms with Crippen LogP contribution in [-0.4, -0.2) is 85.4 Å². The number of carbonyl (C=O) groups is 2. The molecule has 1 N–H and O–H groups in total. The molecule has 47 heavy (non-hydrogen) atoms. The van der Waals surface area contributed by atoms with E-state index in [1.165, 1.54) is 10.6 Å². The lowest BCUT2D eigenvalue weighted by Crippen LogP contribution is -2.65. The van der Waals surface area contributed by atoms with Crippen LogP contribution in [0.15, 0.2) is 77.9 Å². The lowest BCUT2D eigenvalue weighted by atomic mass is 9.60. The van der Waals surface area contributed by atoms with Gasteiger partial charge in [-0.2, -0.15) is 0 Å². The summed E-state index contributed by atoms with van der Waals surface area (Å²) in [5.74, 6) is 0. The summed E-state index contributed by atoms with van der Waals surface area (Å²) >= 11 is 0. The van der Waals surface area contributed by atoms with Gasteiger partial charge in [0.05, 0.1) is 30.2 Å². The van der Waals surface area contributed by atoms with Crippen molar-refractivity contribution in [3.63, 3.8) is 0 Å². The van der Waals surface area contributed by atoms with E-state index >= 15 is 0 Å². The fraction of sp³-hybridized carbons (Fsp3) is 0.514. The number of piperazine rings is 1. The van der Waals surface area contributed by atoms with Crippen LogP contribution < -0.4 is 5.56 Å². The van der Waals surface area contributed by atoms with Crippen molar-refractivity contribution >= 4 is 12.1 Å². The SMILES string of the molecule is CC(C)(C)OC(=O)N1CCN(C(=O)N2CCC(O)(Cn3cnc(-c4ccccc4)cc3=O)C3(CCCCC3)C2)[C@H](c2ccccc2)C1. The first-order chi connectivity index (χ1) is 22.5. The number of aromatic nitrogens is 2. The molecule has 2 atom stereocenters. The van der Waals surface area contributed by atoms with Gasteiger partial charge in [0.2, 0.25) is 0 Å². The van der Waals surface area contributed by atoms with Crippen LogP contribution in [0.25, 0.3) is 11.3 Å². The molecule has 2 saturated heterocycles. The fourth-order valence-corrected chi connectivity index (χ4v) is 7.68. The van der Waals surface area contributed by atoms with E-state index < -0.39 is 16.6 Å². The Morgan fingerprint density at radius 1 is 0.915 bits per heavy atom. The van der Waals surface area contributed by atoms with Gasteiger partial charge < -0.3 is 24.5 Å². The Kier molecular flexibility index (Phi) is 9.16. The molecule has 3 heterocycles. The van der Waals surface area contributed by atoms with Crippen molar-refractivity contribution in [3.05, 3.63) is 89.0 Å². The van der Waals surface area contributed by atoms with Crippen LogP contribution in [0.5, 0.6) is 0 Å².